The molecule has 0 aliphatic heterocycles. The number of esters is 2. The van der Waals surface area contributed by atoms with Crippen LogP contribution in [0.15, 0.2) is 24.3 Å². The van der Waals surface area contributed by atoms with Gasteiger partial charge in [-0.15, -0.1) is 0 Å². The molecule has 0 aromatic heterocycles. The normalized spacial score (nSPS) is 13.4. The Balaban J connectivity index is 2.94. The lowest BCUT2D eigenvalue weighted by molar-refractivity contribution is -0.169. The molecule has 1 rings (SSSR count). The van der Waals surface area contributed by atoms with Gasteiger partial charge in [0.25, 0.3) is 0 Å². The van der Waals surface area contributed by atoms with Crippen molar-refractivity contribution in [3.63, 3.8) is 0 Å². The zero-order valence-corrected chi connectivity index (χ0v) is 10.9. The van der Waals surface area contributed by atoms with Crippen LogP contribution in [-0.4, -0.2) is 36.9 Å². The molecular formula is C13H17NO5. The van der Waals surface area contributed by atoms with Crippen LogP contribution in [0.4, 0.5) is 5.69 Å². The maximum absolute atomic E-state index is 11.7. The van der Waals surface area contributed by atoms with E-state index in [0.29, 0.717) is 11.3 Å². The zero-order chi connectivity index (χ0) is 14.5. The number of anilines is 1. The van der Waals surface area contributed by atoms with Gasteiger partial charge in [0.2, 0.25) is 0 Å². The van der Waals surface area contributed by atoms with E-state index in [9.17, 15) is 14.7 Å². The number of ether oxygens (including phenoxy) is 2. The number of rotatable bonds is 5. The van der Waals surface area contributed by atoms with Gasteiger partial charge in [0, 0.05) is 12.1 Å². The SMILES string of the molecule is COC(=O)C[C@@](O)(Cc1ccc(N)cc1)C(=O)OC. The van der Waals surface area contributed by atoms with Crippen molar-refractivity contribution >= 4 is 17.6 Å². The number of hydrogen-bond donors (Lipinski definition) is 2. The van der Waals surface area contributed by atoms with Crippen molar-refractivity contribution in [1.29, 1.82) is 0 Å². The topological polar surface area (TPSA) is 98.9 Å². The third-order valence-corrected chi connectivity index (χ3v) is 2.71. The first-order valence-corrected chi connectivity index (χ1v) is 5.63. The summed E-state index contributed by atoms with van der Waals surface area (Å²) in [5, 5.41) is 10.3. The molecule has 0 amide bonds. The number of nitrogens with two attached hydrogens (primary N) is 1. The number of benzene rings is 1. The molecule has 6 heteroatoms. The van der Waals surface area contributed by atoms with Gasteiger partial charge in [-0.2, -0.15) is 0 Å². The third kappa shape index (κ3) is 3.96. The van der Waals surface area contributed by atoms with Gasteiger partial charge in [-0.25, -0.2) is 4.79 Å². The van der Waals surface area contributed by atoms with Crippen LogP contribution in [0, 0.1) is 0 Å². The Labute approximate surface area is 111 Å². The molecule has 0 saturated carbocycles. The van der Waals surface area contributed by atoms with Crippen molar-refractivity contribution in [3.8, 4) is 0 Å². The highest BCUT2D eigenvalue weighted by atomic mass is 16.5. The fourth-order valence-corrected chi connectivity index (χ4v) is 1.68. The summed E-state index contributed by atoms with van der Waals surface area (Å²) in [5.41, 5.74) is 4.83. The molecule has 3 N–H and O–H groups in total. The fourth-order valence-electron chi connectivity index (χ4n) is 1.68. The Hall–Kier alpha value is -2.08. The summed E-state index contributed by atoms with van der Waals surface area (Å²) in [4.78, 5) is 22.9. The first kappa shape index (κ1) is 15.0. The van der Waals surface area contributed by atoms with E-state index in [1.165, 1.54) is 7.11 Å². The molecule has 1 aromatic rings. The molecule has 0 radical (unpaired) electrons. The van der Waals surface area contributed by atoms with Crippen LogP contribution in [0.5, 0.6) is 0 Å². The summed E-state index contributed by atoms with van der Waals surface area (Å²) < 4.78 is 9.01. The Kier molecular flexibility index (Phi) is 4.88. The standard InChI is InChI=1S/C13H17NO5/c1-18-11(15)8-13(17,12(16)19-2)7-9-3-5-10(14)6-4-9/h3-6,17H,7-8,14H2,1-2H3/t13-/m0/s1. The van der Waals surface area contributed by atoms with E-state index in [1.54, 1.807) is 24.3 Å². The fraction of sp³-hybridized carbons (Fsp3) is 0.385. The summed E-state index contributed by atoms with van der Waals surface area (Å²) in [5.74, 6) is -1.57. The minimum Gasteiger partial charge on any atom is -0.469 e. The molecule has 0 aliphatic rings. The molecular weight excluding hydrogens is 250 g/mol. The van der Waals surface area contributed by atoms with Gasteiger partial charge in [0.1, 0.15) is 0 Å². The Morgan fingerprint density at radius 1 is 1.21 bits per heavy atom. The lowest BCUT2D eigenvalue weighted by atomic mass is 9.91. The number of nitrogen functional groups attached to an aromatic ring is 1. The molecule has 1 aromatic carbocycles. The van der Waals surface area contributed by atoms with Crippen molar-refractivity contribution in [2.75, 3.05) is 20.0 Å². The van der Waals surface area contributed by atoms with Crippen LogP contribution in [-0.2, 0) is 25.5 Å². The number of carbonyl (C=O) groups excluding carboxylic acids is 2. The van der Waals surface area contributed by atoms with Gasteiger partial charge < -0.3 is 20.3 Å². The van der Waals surface area contributed by atoms with Crippen LogP contribution < -0.4 is 5.73 Å². The third-order valence-electron chi connectivity index (χ3n) is 2.71. The Morgan fingerprint density at radius 3 is 2.26 bits per heavy atom. The predicted molar refractivity (Wildman–Crippen MR) is 68.2 cm³/mol. The summed E-state index contributed by atoms with van der Waals surface area (Å²) >= 11 is 0. The molecule has 0 bridgehead atoms. The van der Waals surface area contributed by atoms with Gasteiger partial charge in [0.05, 0.1) is 20.6 Å². The number of carbonyl (C=O) groups is 2. The Bertz CT molecular complexity index is 457. The average Bonchev–Trinajstić information content (AvgIpc) is 2.40. The molecule has 0 saturated heterocycles. The molecule has 104 valence electrons. The van der Waals surface area contributed by atoms with Crippen molar-refractivity contribution in [1.82, 2.24) is 0 Å². The molecule has 0 heterocycles. The summed E-state index contributed by atoms with van der Waals surface area (Å²) in [6.07, 6.45) is -0.532. The van der Waals surface area contributed by atoms with E-state index in [2.05, 4.69) is 9.47 Å². The molecule has 19 heavy (non-hydrogen) atoms. The highest BCUT2D eigenvalue weighted by molar-refractivity contribution is 5.85. The van der Waals surface area contributed by atoms with Crippen molar-refractivity contribution < 1.29 is 24.2 Å². The van der Waals surface area contributed by atoms with E-state index in [0.717, 1.165) is 7.11 Å². The first-order chi connectivity index (χ1) is 8.91. The van der Waals surface area contributed by atoms with Crippen LogP contribution in [0.25, 0.3) is 0 Å². The lowest BCUT2D eigenvalue weighted by Crippen LogP contribution is -2.44. The van der Waals surface area contributed by atoms with Crippen molar-refractivity contribution in [3.05, 3.63) is 29.8 Å². The highest BCUT2D eigenvalue weighted by Gasteiger charge is 2.40. The zero-order valence-electron chi connectivity index (χ0n) is 10.9. The van der Waals surface area contributed by atoms with Crippen molar-refractivity contribution in [2.45, 2.75) is 18.4 Å². The molecule has 0 aliphatic carbocycles. The molecule has 6 nitrogen and oxygen atoms in total. The van der Waals surface area contributed by atoms with Crippen LogP contribution in [0.3, 0.4) is 0 Å². The van der Waals surface area contributed by atoms with E-state index in [4.69, 9.17) is 5.73 Å². The maximum atomic E-state index is 11.7. The van der Waals surface area contributed by atoms with Crippen LogP contribution in [0.1, 0.15) is 12.0 Å². The second-order valence-corrected chi connectivity index (χ2v) is 4.19. The van der Waals surface area contributed by atoms with E-state index in [1.807, 2.05) is 0 Å². The van der Waals surface area contributed by atoms with Crippen LogP contribution >= 0.6 is 0 Å². The summed E-state index contributed by atoms with van der Waals surface area (Å²) in [6.45, 7) is 0. The van der Waals surface area contributed by atoms with Gasteiger partial charge in [-0.05, 0) is 17.7 Å². The second-order valence-electron chi connectivity index (χ2n) is 4.19. The quantitative estimate of drug-likeness (QED) is 0.587. The minimum atomic E-state index is -1.95. The first-order valence-electron chi connectivity index (χ1n) is 5.63. The number of aliphatic hydroxyl groups is 1. The van der Waals surface area contributed by atoms with Crippen LogP contribution in [0.2, 0.25) is 0 Å². The van der Waals surface area contributed by atoms with E-state index < -0.39 is 24.0 Å². The Morgan fingerprint density at radius 2 is 1.79 bits per heavy atom. The maximum Gasteiger partial charge on any atom is 0.338 e. The molecule has 0 fully saturated rings. The van der Waals surface area contributed by atoms with E-state index in [-0.39, 0.29) is 6.42 Å². The highest BCUT2D eigenvalue weighted by Crippen LogP contribution is 2.21. The smallest absolute Gasteiger partial charge is 0.338 e. The van der Waals surface area contributed by atoms with Crippen molar-refractivity contribution in [2.24, 2.45) is 0 Å². The summed E-state index contributed by atoms with van der Waals surface area (Å²) in [7, 11) is 2.33. The number of methoxy groups -OCH3 is 2. The van der Waals surface area contributed by atoms with Gasteiger partial charge >= 0.3 is 11.9 Å². The molecule has 0 spiro atoms. The average molecular weight is 267 g/mol. The lowest BCUT2D eigenvalue weighted by Gasteiger charge is -2.24. The van der Waals surface area contributed by atoms with Gasteiger partial charge in [0.15, 0.2) is 5.60 Å². The predicted octanol–water partition coefficient (Wildman–Crippen LogP) is 0.278. The van der Waals surface area contributed by atoms with Gasteiger partial charge in [-0.1, -0.05) is 12.1 Å². The summed E-state index contributed by atoms with van der Waals surface area (Å²) in [6, 6.07) is 6.62. The second kappa shape index (κ2) is 6.19. The van der Waals surface area contributed by atoms with E-state index >= 15 is 0 Å². The van der Waals surface area contributed by atoms with Gasteiger partial charge in [-0.3, -0.25) is 4.79 Å². The monoisotopic (exact) mass is 267 g/mol. The minimum absolute atomic E-state index is 0.0605. The molecule has 1 atom stereocenters. The molecule has 0 unspecified atom stereocenters. The largest absolute Gasteiger partial charge is 0.469 e. The number of hydrogen-bond acceptors (Lipinski definition) is 6.